The van der Waals surface area contributed by atoms with Crippen LogP contribution in [0.1, 0.15) is 19.8 Å². The van der Waals surface area contributed by atoms with Crippen molar-refractivity contribution in [2.75, 3.05) is 0 Å². The third kappa shape index (κ3) is 1.36. The Hall–Kier alpha value is -0.400. The average Bonchev–Trinajstić information content (AvgIpc) is 1.82. The molecular formula is C8H12F2. The monoisotopic (exact) mass is 146 g/mol. The molecule has 58 valence electrons. The summed E-state index contributed by atoms with van der Waals surface area (Å²) in [7, 11) is 0. The molecule has 0 aromatic rings. The molecule has 0 bridgehead atoms. The highest BCUT2D eigenvalue weighted by atomic mass is 19.1. The number of alkyl halides is 2. The van der Waals surface area contributed by atoms with Gasteiger partial charge in [0, 0.05) is 12.3 Å². The Morgan fingerprint density at radius 3 is 2.60 bits per heavy atom. The normalized spacial score (nSPS) is 41.9. The molecule has 0 radical (unpaired) electrons. The lowest BCUT2D eigenvalue weighted by Crippen LogP contribution is -2.26. The van der Waals surface area contributed by atoms with Crippen LogP contribution in [0.25, 0.3) is 0 Å². The quantitative estimate of drug-likeness (QED) is 0.461. The van der Waals surface area contributed by atoms with Crippen molar-refractivity contribution in [3.8, 4) is 0 Å². The van der Waals surface area contributed by atoms with E-state index in [2.05, 4.69) is 6.58 Å². The van der Waals surface area contributed by atoms with Gasteiger partial charge < -0.3 is 0 Å². The maximum atomic E-state index is 12.8. The number of hydrogen-bond donors (Lipinski definition) is 0. The minimum absolute atomic E-state index is 0.0557. The minimum Gasteiger partial charge on any atom is -0.247 e. The SMILES string of the molecule is C=C1CC(F)CC(F)C1C. The van der Waals surface area contributed by atoms with Crippen LogP contribution in [0.4, 0.5) is 8.78 Å². The summed E-state index contributed by atoms with van der Waals surface area (Å²) >= 11 is 0. The van der Waals surface area contributed by atoms with E-state index >= 15 is 0 Å². The number of hydrogen-bond acceptors (Lipinski definition) is 0. The van der Waals surface area contributed by atoms with Gasteiger partial charge in [-0.1, -0.05) is 19.1 Å². The molecular weight excluding hydrogens is 134 g/mol. The Morgan fingerprint density at radius 1 is 1.50 bits per heavy atom. The molecule has 3 unspecified atom stereocenters. The van der Waals surface area contributed by atoms with Crippen LogP contribution >= 0.6 is 0 Å². The summed E-state index contributed by atoms with van der Waals surface area (Å²) in [5.41, 5.74) is 0.714. The Morgan fingerprint density at radius 2 is 2.10 bits per heavy atom. The molecule has 2 heteroatoms. The fourth-order valence-corrected chi connectivity index (χ4v) is 1.26. The van der Waals surface area contributed by atoms with Crippen molar-refractivity contribution in [3.05, 3.63) is 12.2 Å². The lowest BCUT2D eigenvalue weighted by atomic mass is 9.84. The first kappa shape index (κ1) is 7.70. The van der Waals surface area contributed by atoms with Crippen LogP contribution in [-0.4, -0.2) is 12.3 Å². The predicted octanol–water partition coefficient (Wildman–Crippen LogP) is 2.65. The molecule has 3 atom stereocenters. The maximum Gasteiger partial charge on any atom is 0.109 e. The first-order valence-corrected chi connectivity index (χ1v) is 3.57. The second-order valence-corrected chi connectivity index (χ2v) is 3.00. The van der Waals surface area contributed by atoms with E-state index in [1.165, 1.54) is 0 Å². The Balaban J connectivity index is 2.57. The van der Waals surface area contributed by atoms with Crippen molar-refractivity contribution in [1.29, 1.82) is 0 Å². The summed E-state index contributed by atoms with van der Waals surface area (Å²) in [5.74, 6) is -0.146. The van der Waals surface area contributed by atoms with Gasteiger partial charge in [0.1, 0.15) is 12.3 Å². The van der Waals surface area contributed by atoms with E-state index in [4.69, 9.17) is 0 Å². The molecule has 10 heavy (non-hydrogen) atoms. The Labute approximate surface area is 59.9 Å². The molecule has 0 nitrogen and oxygen atoms in total. The van der Waals surface area contributed by atoms with Crippen molar-refractivity contribution >= 4 is 0 Å². The molecule has 0 N–H and O–H groups in total. The zero-order valence-electron chi connectivity index (χ0n) is 6.11. The smallest absolute Gasteiger partial charge is 0.109 e. The van der Waals surface area contributed by atoms with Crippen molar-refractivity contribution in [2.45, 2.75) is 32.1 Å². The topological polar surface area (TPSA) is 0 Å². The standard InChI is InChI=1S/C8H12F2/c1-5-3-7(9)4-8(10)6(5)2/h6-8H,1,3-4H2,2H3. The second-order valence-electron chi connectivity index (χ2n) is 3.00. The third-order valence-corrected chi connectivity index (χ3v) is 2.15. The van der Waals surface area contributed by atoms with Gasteiger partial charge in [0.25, 0.3) is 0 Å². The highest BCUT2D eigenvalue weighted by molar-refractivity contribution is 5.07. The first-order valence-electron chi connectivity index (χ1n) is 3.57. The van der Waals surface area contributed by atoms with Gasteiger partial charge in [0.2, 0.25) is 0 Å². The molecule has 0 aliphatic heterocycles. The maximum absolute atomic E-state index is 12.8. The van der Waals surface area contributed by atoms with Gasteiger partial charge in [-0.15, -0.1) is 0 Å². The Bertz CT molecular complexity index is 142. The molecule has 0 aromatic carbocycles. The highest BCUT2D eigenvalue weighted by Crippen LogP contribution is 2.31. The summed E-state index contributed by atoms with van der Waals surface area (Å²) in [6, 6.07) is 0. The van der Waals surface area contributed by atoms with E-state index in [-0.39, 0.29) is 12.3 Å². The molecule has 1 saturated carbocycles. The van der Waals surface area contributed by atoms with Gasteiger partial charge in [-0.25, -0.2) is 8.78 Å². The van der Waals surface area contributed by atoms with Crippen molar-refractivity contribution in [2.24, 2.45) is 5.92 Å². The molecule has 0 heterocycles. The zero-order chi connectivity index (χ0) is 7.72. The van der Waals surface area contributed by atoms with Crippen LogP contribution in [0.5, 0.6) is 0 Å². The largest absolute Gasteiger partial charge is 0.247 e. The number of halogens is 2. The van der Waals surface area contributed by atoms with Crippen LogP contribution in [0.15, 0.2) is 12.2 Å². The van der Waals surface area contributed by atoms with E-state index < -0.39 is 12.3 Å². The molecule has 0 spiro atoms. The predicted molar refractivity (Wildman–Crippen MR) is 37.3 cm³/mol. The summed E-state index contributed by atoms with van der Waals surface area (Å²) < 4.78 is 25.3. The number of allylic oxidation sites excluding steroid dienone is 1. The van der Waals surface area contributed by atoms with Crippen LogP contribution in [0.2, 0.25) is 0 Å². The van der Waals surface area contributed by atoms with Gasteiger partial charge >= 0.3 is 0 Å². The summed E-state index contributed by atoms with van der Waals surface area (Å²) in [5, 5.41) is 0. The highest BCUT2D eigenvalue weighted by Gasteiger charge is 2.29. The molecule has 0 amide bonds. The second kappa shape index (κ2) is 2.69. The van der Waals surface area contributed by atoms with Gasteiger partial charge in [-0.05, 0) is 6.42 Å². The van der Waals surface area contributed by atoms with E-state index in [1.54, 1.807) is 6.92 Å². The lowest BCUT2D eigenvalue weighted by Gasteiger charge is -2.27. The third-order valence-electron chi connectivity index (χ3n) is 2.15. The molecule has 0 saturated heterocycles. The average molecular weight is 146 g/mol. The van der Waals surface area contributed by atoms with Crippen molar-refractivity contribution < 1.29 is 8.78 Å². The fraction of sp³-hybridized carbons (Fsp3) is 0.750. The summed E-state index contributed by atoms with van der Waals surface area (Å²) in [4.78, 5) is 0. The molecule has 0 aromatic heterocycles. The fourth-order valence-electron chi connectivity index (χ4n) is 1.26. The summed E-state index contributed by atoms with van der Waals surface area (Å²) in [6.07, 6.45) is -1.61. The van der Waals surface area contributed by atoms with Gasteiger partial charge in [0.15, 0.2) is 0 Å². The molecule has 1 fully saturated rings. The zero-order valence-corrected chi connectivity index (χ0v) is 6.11. The first-order chi connectivity index (χ1) is 4.61. The minimum atomic E-state index is -1.02. The van der Waals surface area contributed by atoms with Gasteiger partial charge in [-0.2, -0.15) is 0 Å². The number of rotatable bonds is 0. The molecule has 1 rings (SSSR count). The van der Waals surface area contributed by atoms with Crippen molar-refractivity contribution in [3.63, 3.8) is 0 Å². The van der Waals surface area contributed by atoms with E-state index in [1.807, 2.05) is 0 Å². The lowest BCUT2D eigenvalue weighted by molar-refractivity contribution is 0.149. The van der Waals surface area contributed by atoms with Crippen LogP contribution < -0.4 is 0 Å². The summed E-state index contributed by atoms with van der Waals surface area (Å²) in [6.45, 7) is 5.38. The van der Waals surface area contributed by atoms with E-state index in [9.17, 15) is 8.78 Å². The van der Waals surface area contributed by atoms with Crippen LogP contribution in [0, 0.1) is 5.92 Å². The van der Waals surface area contributed by atoms with Crippen molar-refractivity contribution in [1.82, 2.24) is 0 Å². The van der Waals surface area contributed by atoms with E-state index in [0.717, 1.165) is 0 Å². The van der Waals surface area contributed by atoms with Gasteiger partial charge in [-0.3, -0.25) is 0 Å². The molecule has 1 aliphatic carbocycles. The van der Waals surface area contributed by atoms with E-state index in [0.29, 0.717) is 12.0 Å². The Kier molecular flexibility index (Phi) is 2.07. The van der Waals surface area contributed by atoms with Crippen LogP contribution in [-0.2, 0) is 0 Å². The van der Waals surface area contributed by atoms with Crippen LogP contribution in [0.3, 0.4) is 0 Å². The molecule has 1 aliphatic rings. The van der Waals surface area contributed by atoms with Gasteiger partial charge in [0.05, 0.1) is 0 Å².